The lowest BCUT2D eigenvalue weighted by Crippen LogP contribution is -2.24. The maximum Gasteiger partial charge on any atom is 0.263 e. The van der Waals surface area contributed by atoms with Crippen molar-refractivity contribution >= 4 is 55.7 Å². The summed E-state index contributed by atoms with van der Waals surface area (Å²) in [5.74, 6) is 0.0430. The van der Waals surface area contributed by atoms with Gasteiger partial charge in [0.2, 0.25) is 5.91 Å². The summed E-state index contributed by atoms with van der Waals surface area (Å²) in [4.78, 5) is 33.1. The fourth-order valence-electron chi connectivity index (χ4n) is 4.45. The summed E-state index contributed by atoms with van der Waals surface area (Å²) in [5.41, 5.74) is 1.96. The zero-order chi connectivity index (χ0) is 22.8. The van der Waals surface area contributed by atoms with E-state index in [0.29, 0.717) is 11.7 Å². The van der Waals surface area contributed by atoms with Crippen LogP contribution in [0.5, 0.6) is 0 Å². The number of carbonyl (C=O) groups excluding carboxylic acids is 1. The van der Waals surface area contributed by atoms with Crippen LogP contribution in [0.25, 0.3) is 21.0 Å². The highest BCUT2D eigenvalue weighted by Gasteiger charge is 2.21. The third-order valence-electron chi connectivity index (χ3n) is 6.00. The number of anilines is 1. The zero-order valence-corrected chi connectivity index (χ0v) is 19.9. The van der Waals surface area contributed by atoms with Crippen molar-refractivity contribution in [3.63, 3.8) is 0 Å². The number of benzene rings is 2. The van der Waals surface area contributed by atoms with Crippen LogP contribution in [0, 0.1) is 0 Å². The molecular weight excluding hydrogens is 450 g/mol. The van der Waals surface area contributed by atoms with Gasteiger partial charge in [-0.25, -0.2) is 4.98 Å². The molecule has 0 saturated carbocycles. The Balaban J connectivity index is 1.42. The number of amides is 1. The number of thioether (sulfide) groups is 1. The molecule has 2 aromatic heterocycles. The Morgan fingerprint density at radius 1 is 1.15 bits per heavy atom. The second-order valence-electron chi connectivity index (χ2n) is 8.21. The molecule has 1 amide bonds. The van der Waals surface area contributed by atoms with E-state index in [1.54, 1.807) is 22.0 Å². The maximum absolute atomic E-state index is 13.4. The Hall–Kier alpha value is -2.90. The van der Waals surface area contributed by atoms with E-state index < -0.39 is 0 Å². The SMILES string of the molecule is C=CCn1c(SCC(=O)Nc2cccc3ccccc23)nc2sc3c(c2c1=O)CCCCC3. The number of allylic oxidation sites excluding steroid dienone is 1. The van der Waals surface area contributed by atoms with E-state index in [0.717, 1.165) is 52.4 Å². The molecule has 0 atom stereocenters. The van der Waals surface area contributed by atoms with E-state index in [1.807, 2.05) is 42.5 Å². The smallest absolute Gasteiger partial charge is 0.263 e. The molecule has 2 heterocycles. The van der Waals surface area contributed by atoms with E-state index >= 15 is 0 Å². The van der Waals surface area contributed by atoms with Crippen molar-refractivity contribution in [3.8, 4) is 0 Å². The number of fused-ring (bicyclic) bond motifs is 4. The number of aryl methyl sites for hydroxylation is 2. The fraction of sp³-hybridized carbons (Fsp3) is 0.269. The highest BCUT2D eigenvalue weighted by atomic mass is 32.2. The molecule has 0 radical (unpaired) electrons. The molecule has 0 spiro atoms. The van der Waals surface area contributed by atoms with Gasteiger partial charge in [-0.1, -0.05) is 60.7 Å². The molecule has 0 unspecified atom stereocenters. The van der Waals surface area contributed by atoms with E-state index in [-0.39, 0.29) is 17.2 Å². The lowest BCUT2D eigenvalue weighted by atomic mass is 10.1. The average molecular weight is 476 g/mol. The summed E-state index contributed by atoms with van der Waals surface area (Å²) in [6, 6.07) is 13.8. The van der Waals surface area contributed by atoms with Crippen LogP contribution in [-0.2, 0) is 24.2 Å². The van der Waals surface area contributed by atoms with Gasteiger partial charge in [-0.05, 0) is 42.7 Å². The number of rotatable bonds is 6. The molecule has 5 rings (SSSR count). The number of thiophene rings is 1. The average Bonchev–Trinajstić information content (AvgIpc) is 3.01. The quantitative estimate of drug-likeness (QED) is 0.166. The van der Waals surface area contributed by atoms with Crippen LogP contribution in [-0.4, -0.2) is 21.2 Å². The van der Waals surface area contributed by atoms with Crippen LogP contribution in [0.4, 0.5) is 5.69 Å². The zero-order valence-electron chi connectivity index (χ0n) is 18.3. The third kappa shape index (κ3) is 4.35. The second-order valence-corrected chi connectivity index (χ2v) is 10.2. The highest BCUT2D eigenvalue weighted by Crippen LogP contribution is 2.34. The van der Waals surface area contributed by atoms with Crippen molar-refractivity contribution in [2.75, 3.05) is 11.1 Å². The molecule has 1 N–H and O–H groups in total. The van der Waals surface area contributed by atoms with E-state index in [4.69, 9.17) is 4.98 Å². The Kier molecular flexibility index (Phi) is 6.33. The summed E-state index contributed by atoms with van der Waals surface area (Å²) in [5, 5.41) is 6.42. The van der Waals surface area contributed by atoms with Gasteiger partial charge < -0.3 is 5.32 Å². The van der Waals surface area contributed by atoms with Crippen LogP contribution in [0.15, 0.2) is 65.1 Å². The molecule has 0 fully saturated rings. The molecular formula is C26H25N3O2S2. The van der Waals surface area contributed by atoms with Gasteiger partial charge >= 0.3 is 0 Å². The summed E-state index contributed by atoms with van der Waals surface area (Å²) < 4.78 is 1.66. The minimum Gasteiger partial charge on any atom is -0.325 e. The summed E-state index contributed by atoms with van der Waals surface area (Å²) in [6.45, 7) is 4.19. The summed E-state index contributed by atoms with van der Waals surface area (Å²) in [6.07, 6.45) is 7.16. The van der Waals surface area contributed by atoms with Gasteiger partial charge in [0.1, 0.15) is 4.83 Å². The first-order valence-corrected chi connectivity index (χ1v) is 13.0. The van der Waals surface area contributed by atoms with E-state index in [2.05, 4.69) is 11.9 Å². The first-order chi connectivity index (χ1) is 16.2. The summed E-state index contributed by atoms with van der Waals surface area (Å²) in [7, 11) is 0. The van der Waals surface area contributed by atoms with Gasteiger partial charge in [0, 0.05) is 22.5 Å². The molecule has 0 aliphatic heterocycles. The Bertz CT molecular complexity index is 1420. The molecule has 33 heavy (non-hydrogen) atoms. The molecule has 1 aliphatic carbocycles. The van der Waals surface area contributed by atoms with Gasteiger partial charge in [0.05, 0.1) is 11.1 Å². The summed E-state index contributed by atoms with van der Waals surface area (Å²) >= 11 is 2.94. The number of aromatic nitrogens is 2. The first kappa shape index (κ1) is 21.9. The van der Waals surface area contributed by atoms with Crippen molar-refractivity contribution < 1.29 is 4.79 Å². The highest BCUT2D eigenvalue weighted by molar-refractivity contribution is 7.99. The van der Waals surface area contributed by atoms with Crippen LogP contribution in [0.3, 0.4) is 0 Å². The van der Waals surface area contributed by atoms with Crippen LogP contribution < -0.4 is 10.9 Å². The third-order valence-corrected chi connectivity index (χ3v) is 8.16. The molecule has 5 nitrogen and oxygen atoms in total. The minimum absolute atomic E-state index is 0.0174. The minimum atomic E-state index is -0.127. The van der Waals surface area contributed by atoms with Crippen LogP contribution in [0.2, 0.25) is 0 Å². The standard InChI is InChI=1S/C26H25N3O2S2/c1-2-15-29-25(31)23-19-12-4-3-5-14-21(19)33-24(23)28-26(29)32-16-22(30)27-20-13-8-10-17-9-6-7-11-18(17)20/h2,6-11,13H,1,3-5,12,14-16H2,(H,27,30). The van der Waals surface area contributed by atoms with Gasteiger partial charge in [-0.15, -0.1) is 17.9 Å². The molecule has 1 aliphatic rings. The van der Waals surface area contributed by atoms with Crippen molar-refractivity contribution in [1.82, 2.24) is 9.55 Å². The predicted molar refractivity (Wildman–Crippen MR) is 139 cm³/mol. The van der Waals surface area contributed by atoms with Crippen molar-refractivity contribution in [1.29, 1.82) is 0 Å². The number of nitrogens with one attached hydrogen (secondary N) is 1. The Morgan fingerprint density at radius 3 is 2.85 bits per heavy atom. The lowest BCUT2D eigenvalue weighted by molar-refractivity contribution is -0.113. The van der Waals surface area contributed by atoms with Crippen molar-refractivity contribution in [2.24, 2.45) is 0 Å². The maximum atomic E-state index is 13.4. The molecule has 4 aromatic rings. The number of nitrogens with zero attached hydrogens (tertiary/aromatic N) is 2. The van der Waals surface area contributed by atoms with Gasteiger partial charge in [-0.2, -0.15) is 0 Å². The van der Waals surface area contributed by atoms with Gasteiger partial charge in [0.25, 0.3) is 5.56 Å². The molecule has 2 aromatic carbocycles. The second kappa shape index (κ2) is 9.53. The molecule has 7 heteroatoms. The number of hydrogen-bond acceptors (Lipinski definition) is 5. The number of hydrogen-bond donors (Lipinski definition) is 1. The predicted octanol–water partition coefficient (Wildman–Crippen LogP) is 5.80. The van der Waals surface area contributed by atoms with E-state index in [1.165, 1.54) is 28.6 Å². The fourth-order valence-corrected chi connectivity index (χ4v) is 6.56. The van der Waals surface area contributed by atoms with Crippen LogP contribution >= 0.6 is 23.1 Å². The number of carbonyl (C=O) groups is 1. The van der Waals surface area contributed by atoms with Gasteiger partial charge in [0.15, 0.2) is 5.16 Å². The monoisotopic (exact) mass is 475 g/mol. The molecule has 0 bridgehead atoms. The lowest BCUT2D eigenvalue weighted by Gasteiger charge is -2.11. The first-order valence-electron chi connectivity index (χ1n) is 11.2. The molecule has 0 saturated heterocycles. The van der Waals surface area contributed by atoms with E-state index in [9.17, 15) is 9.59 Å². The molecule has 168 valence electrons. The topological polar surface area (TPSA) is 64.0 Å². The van der Waals surface area contributed by atoms with Gasteiger partial charge in [-0.3, -0.25) is 14.2 Å². The van der Waals surface area contributed by atoms with Crippen molar-refractivity contribution in [2.45, 2.75) is 43.8 Å². The van der Waals surface area contributed by atoms with Crippen LogP contribution in [0.1, 0.15) is 29.7 Å². The largest absolute Gasteiger partial charge is 0.325 e. The normalized spacial score (nSPS) is 13.6. The Morgan fingerprint density at radius 2 is 1.97 bits per heavy atom. The Labute approximate surface area is 200 Å². The van der Waals surface area contributed by atoms with Crippen molar-refractivity contribution in [3.05, 3.63) is 75.9 Å².